The van der Waals surface area contributed by atoms with Gasteiger partial charge in [-0.1, -0.05) is 0 Å². The second-order valence-electron chi connectivity index (χ2n) is 15.5. The highest BCUT2D eigenvalue weighted by Gasteiger charge is 2.56. The molecule has 0 radical (unpaired) electrons. The highest BCUT2D eigenvalue weighted by molar-refractivity contribution is 5.73. The largest absolute Gasteiger partial charge is 0.394 e. The molecule has 0 spiro atoms. The average molecular weight is 911 g/mol. The fourth-order valence-electron chi connectivity index (χ4n) is 7.74. The van der Waals surface area contributed by atoms with E-state index in [9.17, 15) is 86.2 Å². The summed E-state index contributed by atoms with van der Waals surface area (Å²) in [6.07, 6.45) is -42.3. The molecular formula is C34H58N2O26. The third-order valence-electron chi connectivity index (χ3n) is 11.1. The van der Waals surface area contributed by atoms with Crippen LogP contribution in [0.25, 0.3) is 0 Å². The van der Waals surface area contributed by atoms with Gasteiger partial charge in [0.15, 0.2) is 31.5 Å². The molecule has 0 aliphatic carbocycles. The van der Waals surface area contributed by atoms with Crippen LogP contribution in [0.1, 0.15) is 13.8 Å². The van der Waals surface area contributed by atoms with E-state index in [1.165, 1.54) is 0 Å². The smallest absolute Gasteiger partial charge is 0.217 e. The molecule has 5 aliphatic rings. The Labute approximate surface area is 351 Å². The molecule has 5 heterocycles. The van der Waals surface area contributed by atoms with E-state index in [2.05, 4.69) is 10.6 Å². The van der Waals surface area contributed by atoms with E-state index in [-0.39, 0.29) is 0 Å². The van der Waals surface area contributed by atoms with Crippen molar-refractivity contribution < 1.29 is 129 Å². The Morgan fingerprint density at radius 2 is 0.839 bits per heavy atom. The molecule has 5 fully saturated rings. The number of carbonyl (C=O) groups excluding carboxylic acids is 2. The van der Waals surface area contributed by atoms with Gasteiger partial charge in [-0.3, -0.25) is 9.59 Å². The summed E-state index contributed by atoms with van der Waals surface area (Å²) >= 11 is 0. The van der Waals surface area contributed by atoms with E-state index in [4.69, 9.17) is 42.6 Å². The number of carbonyl (C=O) groups is 2. The number of hydrogen-bond donors (Lipinski definition) is 17. The molecule has 0 bridgehead atoms. The van der Waals surface area contributed by atoms with Crippen LogP contribution >= 0.6 is 0 Å². The highest BCUT2D eigenvalue weighted by Crippen LogP contribution is 2.35. The minimum absolute atomic E-state index is 0.705. The lowest BCUT2D eigenvalue weighted by Crippen LogP contribution is -2.70. The fraction of sp³-hybridized carbons (Fsp3) is 0.941. The van der Waals surface area contributed by atoms with Gasteiger partial charge >= 0.3 is 0 Å². The third-order valence-corrected chi connectivity index (χ3v) is 11.1. The predicted molar refractivity (Wildman–Crippen MR) is 190 cm³/mol. The van der Waals surface area contributed by atoms with Crippen molar-refractivity contribution in [2.75, 3.05) is 33.0 Å². The van der Waals surface area contributed by atoms with Crippen LogP contribution < -0.4 is 10.6 Å². The first kappa shape index (κ1) is 51.0. The first-order valence-electron chi connectivity index (χ1n) is 19.6. The zero-order chi connectivity index (χ0) is 45.9. The summed E-state index contributed by atoms with van der Waals surface area (Å²) in [4.78, 5) is 24.7. The lowest BCUT2D eigenvalue weighted by atomic mass is 9.94. The molecule has 62 heavy (non-hydrogen) atoms. The lowest BCUT2D eigenvalue weighted by molar-refractivity contribution is -0.380. The number of amides is 2. The van der Waals surface area contributed by atoms with Crippen LogP contribution in [0.3, 0.4) is 0 Å². The standard InChI is InChI=1S/C34H58N2O26/c1-8(41)35-15-20(46)17(43)10(3-37)56-31(15)54-7-14-19(45)29(62-33-25(51)21(47)18(44)11(4-38)57-33)16(36-9(2)42)32(59-14)60-28-13(6-40)58-34(26(52)23(28)49)61-27-12(5-39)55-30(53)24(50)22(27)48/h10-34,37-40,43-53H,3-7H2,1-2H3,(H,35,41)(H,36,42)/t10-,11-,12-,13-,14-,15-,16-,17-,18+,19+,20-,21+,22-,23-,24-,25-,26-,27-,28+,29-,30-,31-,32+,33+,34+/m1/s1. The summed E-state index contributed by atoms with van der Waals surface area (Å²) in [5.74, 6) is -1.54. The summed E-state index contributed by atoms with van der Waals surface area (Å²) in [5, 5.41) is 162. The second-order valence-corrected chi connectivity index (χ2v) is 15.5. The fourth-order valence-corrected chi connectivity index (χ4v) is 7.74. The zero-order valence-electron chi connectivity index (χ0n) is 33.2. The van der Waals surface area contributed by atoms with Crippen molar-refractivity contribution in [1.82, 2.24) is 10.6 Å². The van der Waals surface area contributed by atoms with Gasteiger partial charge < -0.3 is 130 Å². The molecule has 5 aliphatic heterocycles. The monoisotopic (exact) mass is 910 g/mol. The maximum Gasteiger partial charge on any atom is 0.217 e. The Balaban J connectivity index is 1.45. The maximum absolute atomic E-state index is 12.7. The average Bonchev–Trinajstić information content (AvgIpc) is 3.23. The minimum atomic E-state index is -2.14. The zero-order valence-corrected chi connectivity index (χ0v) is 33.2. The Hall–Kier alpha value is -2.02. The van der Waals surface area contributed by atoms with Gasteiger partial charge in [0.1, 0.15) is 122 Å². The van der Waals surface area contributed by atoms with Gasteiger partial charge in [-0.2, -0.15) is 0 Å². The van der Waals surface area contributed by atoms with Gasteiger partial charge in [0.2, 0.25) is 11.8 Å². The number of hydrogen-bond acceptors (Lipinski definition) is 26. The van der Waals surface area contributed by atoms with Crippen LogP contribution in [0.5, 0.6) is 0 Å². The molecule has 0 unspecified atom stereocenters. The number of aliphatic hydroxyl groups excluding tert-OH is 15. The number of rotatable bonds is 15. The van der Waals surface area contributed by atoms with E-state index in [0.29, 0.717) is 0 Å². The number of nitrogens with one attached hydrogen (secondary N) is 2. The molecule has 2 amide bonds. The predicted octanol–water partition coefficient (Wildman–Crippen LogP) is -11.6. The van der Waals surface area contributed by atoms with Gasteiger partial charge in [0, 0.05) is 13.8 Å². The van der Waals surface area contributed by atoms with Crippen LogP contribution in [0.15, 0.2) is 0 Å². The summed E-state index contributed by atoms with van der Waals surface area (Å²) in [6, 6.07) is -3.21. The first-order chi connectivity index (χ1) is 29.3. The van der Waals surface area contributed by atoms with Gasteiger partial charge in [0.05, 0.1) is 33.0 Å². The lowest BCUT2D eigenvalue weighted by Gasteiger charge is -2.50. The molecule has 25 atom stereocenters. The van der Waals surface area contributed by atoms with Gasteiger partial charge in [0.25, 0.3) is 0 Å². The Morgan fingerprint density at radius 3 is 1.39 bits per heavy atom. The molecule has 5 rings (SSSR count). The van der Waals surface area contributed by atoms with Crippen LogP contribution in [-0.4, -0.2) is 275 Å². The SMILES string of the molecule is CC(=O)N[C@H]1[C@H](OC[C@H]2O[C@@H](O[C@@H]3[C@H](O)[C@@H](O)[C@H](O[C@H]4[C@H](O)[C@@H](O)[C@H](O)O[C@@H]4CO)O[C@@H]3CO)[C@H](NC(C)=O)[C@@H](O[C@@H]3O[C@H](CO)[C@H](O)[C@H](O)[C@H]3O)[C@H]2O)O[C@H](CO)[C@@H](O)[C@@H]1O. The van der Waals surface area contributed by atoms with Crippen LogP contribution in [-0.2, 0) is 52.2 Å². The Bertz CT molecular complexity index is 1440. The van der Waals surface area contributed by atoms with Crippen molar-refractivity contribution in [3.05, 3.63) is 0 Å². The second kappa shape index (κ2) is 22.0. The molecule has 17 N–H and O–H groups in total. The molecular weight excluding hydrogens is 852 g/mol. The first-order valence-corrected chi connectivity index (χ1v) is 19.6. The van der Waals surface area contributed by atoms with Crippen molar-refractivity contribution >= 4 is 11.8 Å². The van der Waals surface area contributed by atoms with E-state index in [1.807, 2.05) is 0 Å². The summed E-state index contributed by atoms with van der Waals surface area (Å²) in [6.45, 7) is -2.31. The normalized spacial score (nSPS) is 49.0. The molecule has 0 saturated carbocycles. The molecule has 0 aromatic heterocycles. The van der Waals surface area contributed by atoms with E-state index in [0.717, 1.165) is 13.8 Å². The number of aliphatic hydroxyl groups is 15. The molecule has 28 heteroatoms. The third kappa shape index (κ3) is 11.0. The highest BCUT2D eigenvalue weighted by atomic mass is 16.8. The van der Waals surface area contributed by atoms with Crippen LogP contribution in [0.2, 0.25) is 0 Å². The van der Waals surface area contributed by atoms with Crippen molar-refractivity contribution in [2.24, 2.45) is 0 Å². The molecule has 0 aromatic carbocycles. The molecule has 28 nitrogen and oxygen atoms in total. The Kier molecular flexibility index (Phi) is 18.1. The van der Waals surface area contributed by atoms with Crippen molar-refractivity contribution in [3.8, 4) is 0 Å². The van der Waals surface area contributed by atoms with Crippen LogP contribution in [0.4, 0.5) is 0 Å². The topological polar surface area (TPSA) is 445 Å². The van der Waals surface area contributed by atoms with Crippen molar-refractivity contribution in [3.63, 3.8) is 0 Å². The summed E-state index contributed by atoms with van der Waals surface area (Å²) in [7, 11) is 0. The van der Waals surface area contributed by atoms with E-state index < -0.39 is 198 Å². The molecule has 5 saturated heterocycles. The van der Waals surface area contributed by atoms with Crippen molar-refractivity contribution in [1.29, 1.82) is 0 Å². The number of ether oxygens (including phenoxy) is 9. The Morgan fingerprint density at radius 1 is 0.419 bits per heavy atom. The van der Waals surface area contributed by atoms with Crippen LogP contribution in [0, 0.1) is 0 Å². The van der Waals surface area contributed by atoms with Crippen molar-refractivity contribution in [2.45, 2.75) is 167 Å². The summed E-state index contributed by atoms with van der Waals surface area (Å²) < 4.78 is 51.1. The molecule has 360 valence electrons. The van der Waals surface area contributed by atoms with E-state index >= 15 is 0 Å². The minimum Gasteiger partial charge on any atom is -0.394 e. The van der Waals surface area contributed by atoms with E-state index in [1.54, 1.807) is 0 Å². The van der Waals surface area contributed by atoms with Gasteiger partial charge in [-0.15, -0.1) is 0 Å². The summed E-state index contributed by atoms with van der Waals surface area (Å²) in [5.41, 5.74) is 0. The van der Waals surface area contributed by atoms with Gasteiger partial charge in [-0.25, -0.2) is 0 Å². The quantitative estimate of drug-likeness (QED) is 0.0725. The maximum atomic E-state index is 12.7. The molecule has 0 aromatic rings. The van der Waals surface area contributed by atoms with Gasteiger partial charge in [-0.05, 0) is 0 Å².